The van der Waals surface area contributed by atoms with E-state index in [9.17, 15) is 32.3 Å². The summed E-state index contributed by atoms with van der Waals surface area (Å²) in [6.07, 6.45) is -4.76. The number of ketones is 1. The first-order valence-electron chi connectivity index (χ1n) is 12.9. The number of hydrogen-bond acceptors (Lipinski definition) is 6. The van der Waals surface area contributed by atoms with Gasteiger partial charge in [0.15, 0.2) is 0 Å². The van der Waals surface area contributed by atoms with Crippen molar-refractivity contribution in [2.75, 3.05) is 13.1 Å². The number of benzene rings is 2. The summed E-state index contributed by atoms with van der Waals surface area (Å²) in [7, 11) is 0. The highest BCUT2D eigenvalue weighted by Gasteiger charge is 2.45. The molecule has 3 rings (SSSR count). The molecule has 1 heterocycles. The Hall–Kier alpha value is -4.22. The van der Waals surface area contributed by atoms with Crippen molar-refractivity contribution in [3.8, 4) is 0 Å². The third kappa shape index (κ3) is 7.30. The number of nitrogens with one attached hydrogen (secondary N) is 2. The number of piperidine rings is 1. The average molecular weight is 575 g/mol. The molecule has 1 atom stereocenters. The number of nitrogens with zero attached hydrogens (tertiary/aromatic N) is 1. The number of carbonyl (C=O) groups excluding carboxylic acids is 4. The Labute approximate surface area is 235 Å². The third-order valence-corrected chi connectivity index (χ3v) is 6.93. The van der Waals surface area contributed by atoms with Gasteiger partial charge in [0.2, 0.25) is 11.7 Å². The Balaban J connectivity index is 1.78. The molecule has 2 amide bonds. The smallest absolute Gasteiger partial charge is 0.416 e. The van der Waals surface area contributed by atoms with Gasteiger partial charge in [-0.3, -0.25) is 19.8 Å². The van der Waals surface area contributed by atoms with E-state index < -0.39 is 52.4 Å². The number of Topliss-reactive ketones (excluding diaryl/α,β-unsaturated/α-hetero) is 1. The first-order chi connectivity index (χ1) is 18.9. The second-order valence-electron chi connectivity index (χ2n) is 11.1. The molecule has 2 aromatic carbocycles. The molecule has 0 aliphatic carbocycles. The summed E-state index contributed by atoms with van der Waals surface area (Å²) in [5.41, 5.74) is 2.63. The zero-order chi connectivity index (χ0) is 30.8. The number of nitrogens with two attached hydrogens (primary N) is 1. The third-order valence-electron chi connectivity index (χ3n) is 6.93. The van der Waals surface area contributed by atoms with Crippen LogP contribution in [0.2, 0.25) is 0 Å². The van der Waals surface area contributed by atoms with Crippen molar-refractivity contribution in [3.05, 3.63) is 70.8 Å². The predicted molar refractivity (Wildman–Crippen MR) is 144 cm³/mol. The van der Waals surface area contributed by atoms with E-state index in [1.165, 1.54) is 69.0 Å². The highest BCUT2D eigenvalue weighted by atomic mass is 19.4. The summed E-state index contributed by atoms with van der Waals surface area (Å²) < 4.78 is 46.1. The number of esters is 1. The summed E-state index contributed by atoms with van der Waals surface area (Å²) in [6, 6.07) is 9.42. The van der Waals surface area contributed by atoms with Crippen molar-refractivity contribution in [1.29, 1.82) is 5.41 Å². The van der Waals surface area contributed by atoms with Crippen LogP contribution in [-0.4, -0.2) is 53.4 Å². The Morgan fingerprint density at radius 3 is 2.07 bits per heavy atom. The number of alkyl halides is 3. The lowest BCUT2D eigenvalue weighted by molar-refractivity contribution is -0.175. The normalized spacial score (nSPS) is 15.9. The summed E-state index contributed by atoms with van der Waals surface area (Å²) in [6.45, 7) is 6.09. The first kappa shape index (κ1) is 31.3. The fraction of sp³-hybridized carbons (Fsp3) is 0.414. The minimum atomic E-state index is -4.64. The molecule has 2 aromatic rings. The molecule has 0 unspecified atom stereocenters. The van der Waals surface area contributed by atoms with Gasteiger partial charge in [0.25, 0.3) is 5.91 Å². The van der Waals surface area contributed by atoms with E-state index in [2.05, 4.69) is 5.32 Å². The van der Waals surface area contributed by atoms with Crippen molar-refractivity contribution in [2.24, 2.45) is 11.1 Å². The van der Waals surface area contributed by atoms with Crippen LogP contribution in [0.3, 0.4) is 0 Å². The number of amidine groups is 1. The Morgan fingerprint density at radius 1 is 1.00 bits per heavy atom. The maximum atomic E-state index is 13.5. The monoisotopic (exact) mass is 574 g/mol. The second kappa shape index (κ2) is 11.7. The summed E-state index contributed by atoms with van der Waals surface area (Å²) >= 11 is 0. The van der Waals surface area contributed by atoms with Gasteiger partial charge in [-0.25, -0.2) is 4.79 Å². The number of carbonyl (C=O) groups is 4. The molecule has 12 heteroatoms. The molecule has 1 saturated heterocycles. The van der Waals surface area contributed by atoms with Crippen LogP contribution in [-0.2, 0) is 30.9 Å². The molecule has 0 aromatic heterocycles. The van der Waals surface area contributed by atoms with E-state index in [0.717, 1.165) is 12.1 Å². The van der Waals surface area contributed by atoms with Crippen LogP contribution in [0.1, 0.15) is 67.6 Å². The maximum Gasteiger partial charge on any atom is 0.416 e. The van der Waals surface area contributed by atoms with Crippen molar-refractivity contribution < 1.29 is 37.1 Å². The summed E-state index contributed by atoms with van der Waals surface area (Å²) in [4.78, 5) is 52.6. The molecule has 1 fully saturated rings. The average Bonchev–Trinajstić information content (AvgIpc) is 2.91. The SMILES string of the molecule is C[C@H](NC(=O)c1ccc(C(=N)N)cc1)C(=O)N1CCC(OC(=O)C(=O)C(C)(C)C)(c2cccc(C(F)(F)F)c2)CC1. The Bertz CT molecular complexity index is 1340. The van der Waals surface area contributed by atoms with E-state index in [4.69, 9.17) is 15.9 Å². The number of amides is 2. The molecule has 41 heavy (non-hydrogen) atoms. The molecule has 4 N–H and O–H groups in total. The second-order valence-corrected chi connectivity index (χ2v) is 11.1. The number of ether oxygens (including phenoxy) is 1. The fourth-order valence-electron chi connectivity index (χ4n) is 4.46. The maximum absolute atomic E-state index is 13.5. The Morgan fingerprint density at radius 2 is 1.56 bits per heavy atom. The molecular weight excluding hydrogens is 541 g/mol. The molecule has 0 bridgehead atoms. The first-order valence-corrected chi connectivity index (χ1v) is 12.9. The molecule has 9 nitrogen and oxygen atoms in total. The quantitative estimate of drug-likeness (QED) is 0.199. The van der Waals surface area contributed by atoms with Crippen LogP contribution in [0, 0.1) is 10.8 Å². The predicted octanol–water partition coefficient (Wildman–Crippen LogP) is 3.78. The van der Waals surface area contributed by atoms with E-state index >= 15 is 0 Å². The zero-order valence-corrected chi connectivity index (χ0v) is 23.2. The van der Waals surface area contributed by atoms with Gasteiger partial charge in [0, 0.05) is 42.5 Å². The minimum Gasteiger partial charge on any atom is -0.448 e. The number of halogens is 3. The van der Waals surface area contributed by atoms with Crippen LogP contribution in [0.15, 0.2) is 48.5 Å². The van der Waals surface area contributed by atoms with Gasteiger partial charge in [-0.15, -0.1) is 0 Å². The summed E-state index contributed by atoms with van der Waals surface area (Å²) in [5, 5.41) is 10.0. The van der Waals surface area contributed by atoms with Gasteiger partial charge >= 0.3 is 12.1 Å². The topological polar surface area (TPSA) is 143 Å². The van der Waals surface area contributed by atoms with Crippen molar-refractivity contribution in [1.82, 2.24) is 10.2 Å². The van der Waals surface area contributed by atoms with Gasteiger partial charge in [-0.05, 0) is 36.8 Å². The van der Waals surface area contributed by atoms with Crippen LogP contribution in [0.25, 0.3) is 0 Å². The fourth-order valence-corrected chi connectivity index (χ4v) is 4.46. The number of likely N-dealkylation sites (tertiary alicyclic amines) is 1. The van der Waals surface area contributed by atoms with Gasteiger partial charge in [0.05, 0.1) is 5.56 Å². The van der Waals surface area contributed by atoms with Gasteiger partial charge < -0.3 is 20.7 Å². The van der Waals surface area contributed by atoms with E-state index in [-0.39, 0.29) is 42.9 Å². The van der Waals surface area contributed by atoms with Crippen molar-refractivity contribution in [2.45, 2.75) is 58.4 Å². The highest BCUT2D eigenvalue weighted by molar-refractivity contribution is 6.35. The molecule has 220 valence electrons. The molecular formula is C29H33F3N4O5. The molecule has 0 saturated carbocycles. The molecule has 0 spiro atoms. The van der Waals surface area contributed by atoms with E-state index in [0.29, 0.717) is 5.56 Å². The van der Waals surface area contributed by atoms with E-state index in [1.54, 1.807) is 0 Å². The zero-order valence-electron chi connectivity index (χ0n) is 23.2. The standard InChI is InChI=1S/C29H33F3N4O5/c1-17(35-24(38)19-10-8-18(9-11-19)23(33)34)25(39)36-14-12-28(13-15-36,41-26(40)22(37)27(2,3)4)20-6-5-7-21(16-20)29(30,31)32/h5-11,16-17H,12-15H2,1-4H3,(H3,33,34)(H,35,38)/t17-/m0/s1. The van der Waals surface area contributed by atoms with Crippen LogP contribution >= 0.6 is 0 Å². The largest absolute Gasteiger partial charge is 0.448 e. The number of nitrogen functional groups attached to an aromatic ring is 1. The lowest BCUT2D eigenvalue weighted by Crippen LogP contribution is -2.53. The van der Waals surface area contributed by atoms with Crippen LogP contribution < -0.4 is 11.1 Å². The highest BCUT2D eigenvalue weighted by Crippen LogP contribution is 2.40. The molecule has 1 aliphatic rings. The Kier molecular flexibility index (Phi) is 8.95. The van der Waals surface area contributed by atoms with Crippen LogP contribution in [0.4, 0.5) is 13.2 Å². The van der Waals surface area contributed by atoms with Gasteiger partial charge in [-0.1, -0.05) is 45.0 Å². The van der Waals surface area contributed by atoms with Crippen molar-refractivity contribution in [3.63, 3.8) is 0 Å². The van der Waals surface area contributed by atoms with Crippen molar-refractivity contribution >= 4 is 29.4 Å². The lowest BCUT2D eigenvalue weighted by Gasteiger charge is -2.42. The van der Waals surface area contributed by atoms with E-state index in [1.807, 2.05) is 0 Å². The molecule has 0 radical (unpaired) electrons. The van der Waals surface area contributed by atoms with Gasteiger partial charge in [-0.2, -0.15) is 13.2 Å². The number of rotatable bonds is 7. The summed E-state index contributed by atoms with van der Waals surface area (Å²) in [5.74, 6) is -3.10. The number of hydrogen-bond donors (Lipinski definition) is 3. The lowest BCUT2D eigenvalue weighted by atomic mass is 9.82. The molecule has 1 aliphatic heterocycles. The van der Waals surface area contributed by atoms with Gasteiger partial charge in [0.1, 0.15) is 17.5 Å². The van der Waals surface area contributed by atoms with Crippen LogP contribution in [0.5, 0.6) is 0 Å². The minimum absolute atomic E-state index is 0.000411.